The molecule has 0 radical (unpaired) electrons. The minimum Gasteiger partial charge on any atom is -0.340 e. The molecular formula is C11H9N7O. The number of nitrogens with one attached hydrogen (secondary N) is 3. The van der Waals surface area contributed by atoms with E-state index in [0.29, 0.717) is 16.7 Å². The fourth-order valence-electron chi connectivity index (χ4n) is 1.63. The average molecular weight is 255 g/mol. The summed E-state index contributed by atoms with van der Waals surface area (Å²) in [7, 11) is 0. The summed E-state index contributed by atoms with van der Waals surface area (Å²) in [6, 6.07) is 3.33. The highest BCUT2D eigenvalue weighted by Crippen LogP contribution is 2.02. The van der Waals surface area contributed by atoms with Crippen molar-refractivity contribution in [3.8, 4) is 0 Å². The molecule has 8 nitrogen and oxygen atoms in total. The summed E-state index contributed by atoms with van der Waals surface area (Å²) in [5.41, 5.74) is 4.00. The summed E-state index contributed by atoms with van der Waals surface area (Å²) in [6.45, 7) is 0. The number of aromatic nitrogens is 5. The summed E-state index contributed by atoms with van der Waals surface area (Å²) in [5, 5.41) is 7.61. The normalized spacial score (nSPS) is 10.5. The van der Waals surface area contributed by atoms with E-state index >= 15 is 0 Å². The zero-order valence-electron chi connectivity index (χ0n) is 9.66. The Bertz CT molecular complexity index is 789. The molecule has 3 aromatic heterocycles. The van der Waals surface area contributed by atoms with Crippen LogP contribution in [0.1, 0.15) is 10.4 Å². The van der Waals surface area contributed by atoms with E-state index in [2.05, 4.69) is 25.4 Å². The molecule has 0 aliphatic carbocycles. The number of fused-ring (bicyclic) bond motifs is 1. The van der Waals surface area contributed by atoms with Crippen LogP contribution in [0, 0.1) is 5.41 Å². The van der Waals surface area contributed by atoms with Crippen LogP contribution in [0.25, 0.3) is 11.2 Å². The molecule has 0 unspecified atom stereocenters. The van der Waals surface area contributed by atoms with Gasteiger partial charge in [-0.25, -0.2) is 14.6 Å². The SMILES string of the molecule is N=c1ncn(NC(=O)c2cccnc2)c2nc[nH]c12. The van der Waals surface area contributed by atoms with E-state index in [1.54, 1.807) is 18.3 Å². The molecule has 1 amide bonds. The standard InChI is InChI=1S/C11H9N7O/c12-9-8-10(15-5-14-8)18(6-16-9)17-11(19)7-2-1-3-13-4-7/h1-6,12H,(H,14,15)(H,17,19). The fourth-order valence-corrected chi connectivity index (χ4v) is 1.63. The van der Waals surface area contributed by atoms with Crippen molar-refractivity contribution in [2.75, 3.05) is 5.43 Å². The van der Waals surface area contributed by atoms with Gasteiger partial charge < -0.3 is 4.98 Å². The number of carbonyl (C=O) groups is 1. The number of hydrogen-bond acceptors (Lipinski definition) is 5. The van der Waals surface area contributed by atoms with Gasteiger partial charge in [0.1, 0.15) is 11.8 Å². The highest BCUT2D eigenvalue weighted by Gasteiger charge is 2.09. The number of amides is 1. The highest BCUT2D eigenvalue weighted by molar-refractivity contribution is 6.00. The predicted octanol–water partition coefficient (Wildman–Crippen LogP) is 0.0178. The highest BCUT2D eigenvalue weighted by atomic mass is 16.2. The number of hydrogen-bond donors (Lipinski definition) is 3. The van der Waals surface area contributed by atoms with Crippen LogP contribution in [0.4, 0.5) is 0 Å². The van der Waals surface area contributed by atoms with E-state index < -0.39 is 0 Å². The zero-order valence-corrected chi connectivity index (χ0v) is 9.66. The molecule has 8 heteroatoms. The first-order chi connectivity index (χ1) is 9.25. The van der Waals surface area contributed by atoms with Crippen LogP contribution in [0.2, 0.25) is 0 Å². The lowest BCUT2D eigenvalue weighted by Crippen LogP contribution is -2.26. The van der Waals surface area contributed by atoms with Crippen molar-refractivity contribution >= 4 is 17.1 Å². The number of H-pyrrole nitrogens is 1. The summed E-state index contributed by atoms with van der Waals surface area (Å²) in [4.78, 5) is 26.5. The molecule has 0 saturated heterocycles. The minimum atomic E-state index is -0.332. The van der Waals surface area contributed by atoms with Crippen molar-refractivity contribution in [3.63, 3.8) is 0 Å². The molecule has 3 heterocycles. The second-order valence-corrected chi connectivity index (χ2v) is 3.75. The van der Waals surface area contributed by atoms with Crippen molar-refractivity contribution < 1.29 is 4.79 Å². The Balaban J connectivity index is 1.98. The Kier molecular flexibility index (Phi) is 2.53. The first-order valence-electron chi connectivity index (χ1n) is 5.42. The Hall–Kier alpha value is -3.03. The Morgan fingerprint density at radius 2 is 2.32 bits per heavy atom. The van der Waals surface area contributed by atoms with Gasteiger partial charge in [-0.15, -0.1) is 0 Å². The van der Waals surface area contributed by atoms with Crippen molar-refractivity contribution in [3.05, 3.63) is 48.2 Å². The van der Waals surface area contributed by atoms with Crippen LogP contribution in [-0.2, 0) is 0 Å². The second kappa shape index (κ2) is 4.33. The maximum absolute atomic E-state index is 12.0. The predicted molar refractivity (Wildman–Crippen MR) is 65.7 cm³/mol. The Morgan fingerprint density at radius 3 is 3.11 bits per heavy atom. The van der Waals surface area contributed by atoms with Gasteiger partial charge in [0, 0.05) is 12.4 Å². The van der Waals surface area contributed by atoms with E-state index in [9.17, 15) is 4.79 Å². The largest absolute Gasteiger partial charge is 0.340 e. The van der Waals surface area contributed by atoms with Gasteiger partial charge in [0.25, 0.3) is 5.91 Å². The van der Waals surface area contributed by atoms with E-state index in [0.717, 1.165) is 0 Å². The van der Waals surface area contributed by atoms with E-state index in [1.165, 1.54) is 23.5 Å². The summed E-state index contributed by atoms with van der Waals surface area (Å²) in [5.74, 6) is -0.332. The molecule has 3 rings (SSSR count). The minimum absolute atomic E-state index is 0.0689. The third kappa shape index (κ3) is 1.95. The quantitative estimate of drug-likeness (QED) is 0.599. The van der Waals surface area contributed by atoms with Gasteiger partial charge >= 0.3 is 0 Å². The van der Waals surface area contributed by atoms with Gasteiger partial charge in [-0.3, -0.25) is 20.6 Å². The number of rotatable bonds is 2. The van der Waals surface area contributed by atoms with Crippen LogP contribution in [0.5, 0.6) is 0 Å². The van der Waals surface area contributed by atoms with Crippen LogP contribution in [0.15, 0.2) is 37.2 Å². The van der Waals surface area contributed by atoms with Crippen molar-refractivity contribution in [2.24, 2.45) is 0 Å². The van der Waals surface area contributed by atoms with Crippen LogP contribution in [-0.4, -0.2) is 30.5 Å². The summed E-state index contributed by atoms with van der Waals surface area (Å²) in [6.07, 6.45) is 5.83. The smallest absolute Gasteiger partial charge is 0.271 e. The van der Waals surface area contributed by atoms with E-state index in [1.807, 2.05) is 0 Å². The zero-order chi connectivity index (χ0) is 13.2. The second-order valence-electron chi connectivity index (χ2n) is 3.75. The molecule has 0 atom stereocenters. The van der Waals surface area contributed by atoms with Gasteiger partial charge in [-0.1, -0.05) is 0 Å². The Morgan fingerprint density at radius 1 is 1.42 bits per heavy atom. The molecule has 19 heavy (non-hydrogen) atoms. The average Bonchev–Trinajstić information content (AvgIpc) is 2.93. The van der Waals surface area contributed by atoms with Gasteiger partial charge in [-0.05, 0) is 12.1 Å². The number of nitrogens with zero attached hydrogens (tertiary/aromatic N) is 4. The van der Waals surface area contributed by atoms with Crippen LogP contribution < -0.4 is 10.9 Å². The lowest BCUT2D eigenvalue weighted by molar-refractivity contribution is 0.101. The van der Waals surface area contributed by atoms with Crippen LogP contribution >= 0.6 is 0 Å². The summed E-state index contributed by atoms with van der Waals surface area (Å²) >= 11 is 0. The Labute approximate surface area is 106 Å². The number of pyridine rings is 1. The number of imidazole rings is 1. The van der Waals surface area contributed by atoms with Gasteiger partial charge in [0.05, 0.1) is 11.9 Å². The molecule has 0 aliphatic rings. The first kappa shape index (κ1) is 11.1. The molecule has 0 saturated carbocycles. The third-order valence-electron chi connectivity index (χ3n) is 2.53. The molecule has 94 valence electrons. The van der Waals surface area contributed by atoms with Crippen molar-refractivity contribution in [1.29, 1.82) is 5.41 Å². The van der Waals surface area contributed by atoms with E-state index in [4.69, 9.17) is 5.41 Å². The van der Waals surface area contributed by atoms with Crippen molar-refractivity contribution in [1.82, 2.24) is 24.6 Å². The molecule has 0 fully saturated rings. The summed E-state index contributed by atoms with van der Waals surface area (Å²) < 4.78 is 1.36. The fraction of sp³-hybridized carbons (Fsp3) is 0. The molecular weight excluding hydrogens is 246 g/mol. The molecule has 0 bridgehead atoms. The lowest BCUT2D eigenvalue weighted by atomic mass is 10.3. The van der Waals surface area contributed by atoms with Crippen molar-refractivity contribution in [2.45, 2.75) is 0 Å². The van der Waals surface area contributed by atoms with Gasteiger partial charge in [0.2, 0.25) is 0 Å². The number of aromatic amines is 1. The van der Waals surface area contributed by atoms with Crippen LogP contribution in [0.3, 0.4) is 0 Å². The molecule has 3 N–H and O–H groups in total. The molecule has 0 aromatic carbocycles. The topological polar surface area (TPSA) is 112 Å². The molecule has 0 aliphatic heterocycles. The lowest BCUT2D eigenvalue weighted by Gasteiger charge is -2.08. The van der Waals surface area contributed by atoms with E-state index in [-0.39, 0.29) is 11.4 Å². The maximum Gasteiger partial charge on any atom is 0.271 e. The monoisotopic (exact) mass is 255 g/mol. The molecule has 3 aromatic rings. The van der Waals surface area contributed by atoms with Gasteiger partial charge in [0.15, 0.2) is 11.1 Å². The first-order valence-corrected chi connectivity index (χ1v) is 5.42. The maximum atomic E-state index is 12.0. The van der Waals surface area contributed by atoms with Gasteiger partial charge in [-0.2, -0.15) is 0 Å². The molecule has 0 spiro atoms. The number of carbonyl (C=O) groups excluding carboxylic acids is 1. The third-order valence-corrected chi connectivity index (χ3v) is 2.53.